The van der Waals surface area contributed by atoms with E-state index < -0.39 is 6.09 Å². The number of halogens is 1. The zero-order valence-electron chi connectivity index (χ0n) is 15.0. The largest absolute Gasteiger partial charge is 0.453 e. The fraction of sp³-hybridized carbons (Fsp3) is 0.353. The van der Waals surface area contributed by atoms with Gasteiger partial charge in [-0.2, -0.15) is 0 Å². The van der Waals surface area contributed by atoms with Crippen molar-refractivity contribution < 1.29 is 9.53 Å². The van der Waals surface area contributed by atoms with Gasteiger partial charge in [0, 0.05) is 30.4 Å². The number of aliphatic imine (C=N–C) groups is 1. The molecule has 0 fully saturated rings. The van der Waals surface area contributed by atoms with E-state index in [1.165, 1.54) is 12.0 Å². The molecule has 0 aliphatic carbocycles. The maximum atomic E-state index is 11.2. The molecule has 0 spiro atoms. The second-order valence-corrected chi connectivity index (χ2v) is 6.37. The molecular weight excluding hydrogens is 465 g/mol. The van der Waals surface area contributed by atoms with Crippen LogP contribution in [-0.4, -0.2) is 31.2 Å². The zero-order chi connectivity index (χ0) is 18.1. The van der Waals surface area contributed by atoms with E-state index in [1.807, 2.05) is 30.5 Å². The molecule has 1 aromatic carbocycles. The minimum atomic E-state index is -0.483. The van der Waals surface area contributed by atoms with Gasteiger partial charge >= 0.3 is 6.09 Å². The molecule has 9 heteroatoms. The summed E-state index contributed by atoms with van der Waals surface area (Å²) in [6.45, 7) is 3.39. The van der Waals surface area contributed by atoms with Crippen LogP contribution in [0.5, 0.6) is 0 Å². The van der Waals surface area contributed by atoms with Crippen molar-refractivity contribution in [3.63, 3.8) is 0 Å². The molecule has 2 aromatic rings. The van der Waals surface area contributed by atoms with E-state index in [-0.39, 0.29) is 24.0 Å². The Morgan fingerprint density at radius 1 is 1.23 bits per heavy atom. The standard InChI is InChI=1S/C17H23N5O2S.HI/c1-4-14-10-19-15(25-14)11-21-16(18-2)20-9-12-5-7-13(8-6-12)22-17(23)24-3;/h5-8,10H,4,9,11H2,1-3H3,(H,22,23)(H2,18,20,21);1H. The number of aryl methyl sites for hydroxylation is 1. The summed E-state index contributed by atoms with van der Waals surface area (Å²) in [4.78, 5) is 21.0. The molecule has 0 saturated heterocycles. The molecule has 0 bridgehead atoms. The Balaban J connectivity index is 0.00000338. The molecule has 7 nitrogen and oxygen atoms in total. The lowest BCUT2D eigenvalue weighted by Crippen LogP contribution is -2.36. The van der Waals surface area contributed by atoms with E-state index in [4.69, 9.17) is 0 Å². The fourth-order valence-corrected chi connectivity index (χ4v) is 2.84. The van der Waals surface area contributed by atoms with Gasteiger partial charge < -0.3 is 15.4 Å². The average molecular weight is 489 g/mol. The number of aromatic nitrogens is 1. The number of amides is 1. The number of nitrogens with zero attached hydrogens (tertiary/aromatic N) is 2. The Labute approximate surface area is 174 Å². The number of guanidine groups is 1. The lowest BCUT2D eigenvalue weighted by Gasteiger charge is -2.11. The number of ether oxygens (including phenoxy) is 1. The molecule has 1 heterocycles. The Morgan fingerprint density at radius 3 is 2.50 bits per heavy atom. The SMILES string of the molecule is CCc1cnc(CNC(=NC)NCc2ccc(NC(=O)OC)cc2)s1.I. The Kier molecular flexibility index (Phi) is 9.96. The van der Waals surface area contributed by atoms with Crippen LogP contribution in [-0.2, 0) is 24.2 Å². The normalized spacial score (nSPS) is 10.7. The number of benzene rings is 1. The van der Waals surface area contributed by atoms with Crippen molar-refractivity contribution in [1.29, 1.82) is 0 Å². The molecule has 0 atom stereocenters. The molecule has 1 aromatic heterocycles. The highest BCUT2D eigenvalue weighted by Gasteiger charge is 2.04. The van der Waals surface area contributed by atoms with Crippen molar-refractivity contribution in [3.8, 4) is 0 Å². The van der Waals surface area contributed by atoms with E-state index in [9.17, 15) is 4.79 Å². The highest BCUT2D eigenvalue weighted by molar-refractivity contribution is 14.0. The maximum absolute atomic E-state index is 11.2. The molecule has 0 unspecified atom stereocenters. The third-order valence-electron chi connectivity index (χ3n) is 3.43. The van der Waals surface area contributed by atoms with E-state index in [1.54, 1.807) is 18.4 Å². The number of hydrogen-bond donors (Lipinski definition) is 3. The van der Waals surface area contributed by atoms with Crippen LogP contribution < -0.4 is 16.0 Å². The third-order valence-corrected chi connectivity index (χ3v) is 4.57. The van der Waals surface area contributed by atoms with Gasteiger partial charge in [0.1, 0.15) is 5.01 Å². The number of rotatable bonds is 6. The predicted octanol–water partition coefficient (Wildman–Crippen LogP) is 3.37. The molecule has 2 rings (SSSR count). The third kappa shape index (κ3) is 7.16. The number of methoxy groups -OCH3 is 1. The summed E-state index contributed by atoms with van der Waals surface area (Å²) in [5.74, 6) is 0.713. The Morgan fingerprint density at radius 2 is 1.92 bits per heavy atom. The fourth-order valence-electron chi connectivity index (χ4n) is 2.03. The highest BCUT2D eigenvalue weighted by atomic mass is 127. The van der Waals surface area contributed by atoms with Crippen molar-refractivity contribution in [2.75, 3.05) is 19.5 Å². The number of anilines is 1. The molecule has 26 heavy (non-hydrogen) atoms. The number of nitrogens with one attached hydrogen (secondary N) is 3. The van der Waals surface area contributed by atoms with E-state index in [0.29, 0.717) is 24.7 Å². The van der Waals surface area contributed by atoms with E-state index in [0.717, 1.165) is 17.0 Å². The van der Waals surface area contributed by atoms with Gasteiger partial charge in [0.25, 0.3) is 0 Å². The summed E-state index contributed by atoms with van der Waals surface area (Å²) in [7, 11) is 3.07. The van der Waals surface area contributed by atoms with Crippen molar-refractivity contribution in [2.24, 2.45) is 4.99 Å². The van der Waals surface area contributed by atoms with Gasteiger partial charge in [0.15, 0.2) is 5.96 Å². The molecular formula is C17H24IN5O2S. The minimum Gasteiger partial charge on any atom is -0.453 e. The minimum absolute atomic E-state index is 0. The van der Waals surface area contributed by atoms with Crippen LogP contribution in [0.2, 0.25) is 0 Å². The van der Waals surface area contributed by atoms with Gasteiger partial charge in [-0.3, -0.25) is 10.3 Å². The molecule has 0 radical (unpaired) electrons. The first-order valence-corrected chi connectivity index (χ1v) is 8.78. The topological polar surface area (TPSA) is 87.6 Å². The van der Waals surface area contributed by atoms with Crippen molar-refractivity contribution >= 4 is 53.1 Å². The molecule has 0 saturated carbocycles. The summed E-state index contributed by atoms with van der Waals surface area (Å²) in [6, 6.07) is 7.51. The number of carbonyl (C=O) groups is 1. The van der Waals surface area contributed by atoms with Crippen LogP contribution >= 0.6 is 35.3 Å². The Hall–Kier alpha value is -1.88. The van der Waals surface area contributed by atoms with Crippen LogP contribution in [0.1, 0.15) is 22.4 Å². The Bertz CT molecular complexity index is 718. The first-order chi connectivity index (χ1) is 12.1. The molecule has 0 aliphatic rings. The molecule has 1 amide bonds. The second-order valence-electron chi connectivity index (χ2n) is 5.17. The van der Waals surface area contributed by atoms with Gasteiger partial charge in [-0.1, -0.05) is 19.1 Å². The van der Waals surface area contributed by atoms with Crippen molar-refractivity contribution in [2.45, 2.75) is 26.4 Å². The zero-order valence-corrected chi connectivity index (χ0v) is 18.2. The second kappa shape index (κ2) is 11.7. The van der Waals surface area contributed by atoms with Gasteiger partial charge in [-0.15, -0.1) is 35.3 Å². The van der Waals surface area contributed by atoms with Crippen molar-refractivity contribution in [1.82, 2.24) is 15.6 Å². The first-order valence-electron chi connectivity index (χ1n) is 7.96. The number of thiazole rings is 1. The summed E-state index contributed by atoms with van der Waals surface area (Å²) in [5.41, 5.74) is 1.76. The smallest absolute Gasteiger partial charge is 0.411 e. The van der Waals surface area contributed by atoms with Crippen LogP contribution in [0.25, 0.3) is 0 Å². The van der Waals surface area contributed by atoms with Crippen molar-refractivity contribution in [3.05, 3.63) is 45.9 Å². The number of hydrogen-bond acceptors (Lipinski definition) is 5. The van der Waals surface area contributed by atoms with Gasteiger partial charge in [-0.05, 0) is 24.1 Å². The van der Waals surface area contributed by atoms with Gasteiger partial charge in [0.2, 0.25) is 0 Å². The highest BCUT2D eigenvalue weighted by Crippen LogP contribution is 2.13. The lowest BCUT2D eigenvalue weighted by atomic mass is 10.2. The molecule has 142 valence electrons. The van der Waals surface area contributed by atoms with E-state index >= 15 is 0 Å². The summed E-state index contributed by atoms with van der Waals surface area (Å²) >= 11 is 1.71. The maximum Gasteiger partial charge on any atom is 0.411 e. The van der Waals surface area contributed by atoms with E-state index in [2.05, 4.69) is 37.6 Å². The van der Waals surface area contributed by atoms with Gasteiger partial charge in [-0.25, -0.2) is 9.78 Å². The summed E-state index contributed by atoms with van der Waals surface area (Å²) in [6.07, 6.45) is 2.44. The predicted molar refractivity (Wildman–Crippen MR) is 116 cm³/mol. The summed E-state index contributed by atoms with van der Waals surface area (Å²) in [5, 5.41) is 10.2. The average Bonchev–Trinajstić information content (AvgIpc) is 3.11. The van der Waals surface area contributed by atoms with Crippen LogP contribution in [0.4, 0.5) is 10.5 Å². The van der Waals surface area contributed by atoms with Crippen LogP contribution in [0, 0.1) is 0 Å². The molecule has 3 N–H and O–H groups in total. The molecule has 0 aliphatic heterocycles. The van der Waals surface area contributed by atoms with Crippen LogP contribution in [0.15, 0.2) is 35.5 Å². The number of carbonyl (C=O) groups excluding carboxylic acids is 1. The van der Waals surface area contributed by atoms with Crippen LogP contribution in [0.3, 0.4) is 0 Å². The quantitative estimate of drug-likeness (QED) is 0.329. The first kappa shape index (κ1) is 22.2. The lowest BCUT2D eigenvalue weighted by molar-refractivity contribution is 0.187. The summed E-state index contributed by atoms with van der Waals surface area (Å²) < 4.78 is 4.56. The monoisotopic (exact) mass is 489 g/mol. The van der Waals surface area contributed by atoms with Gasteiger partial charge in [0.05, 0.1) is 13.7 Å².